The summed E-state index contributed by atoms with van der Waals surface area (Å²) in [5, 5.41) is 12.7. The highest BCUT2D eigenvalue weighted by molar-refractivity contribution is 6.18. The Morgan fingerprint density at radius 2 is 0.868 bits per heavy atom. The maximum atomic E-state index is 10.4. The quantitative estimate of drug-likeness (QED) is 0.160. The van der Waals surface area contributed by atoms with Crippen LogP contribution in [0.25, 0.3) is 38.6 Å². The molecule has 0 amide bonds. The maximum absolute atomic E-state index is 10.4. The molecule has 0 saturated heterocycles. The Kier molecular flexibility index (Phi) is 8.16. The number of pyridine rings is 1. The molecule has 5 nitrogen and oxygen atoms in total. The summed E-state index contributed by atoms with van der Waals surface area (Å²) >= 11 is 0. The third kappa shape index (κ3) is 5.75. The Labute approximate surface area is 308 Å². The zero-order valence-corrected chi connectivity index (χ0v) is 28.8. The van der Waals surface area contributed by atoms with Crippen molar-refractivity contribution in [2.75, 3.05) is 9.80 Å². The smallest absolute Gasteiger partial charge is 0.0992 e. The molecular weight excluding hydrogens is 647 g/mol. The van der Waals surface area contributed by atoms with Gasteiger partial charge >= 0.3 is 0 Å². The van der Waals surface area contributed by atoms with E-state index in [-0.39, 0.29) is 0 Å². The van der Waals surface area contributed by atoms with E-state index in [1.54, 1.807) is 12.4 Å². The summed E-state index contributed by atoms with van der Waals surface area (Å²) in [6.07, 6.45) is 3.58. The van der Waals surface area contributed by atoms with Crippen LogP contribution in [0.4, 0.5) is 34.1 Å². The molecule has 0 radical (unpaired) electrons. The highest BCUT2D eigenvalue weighted by Gasteiger charge is 2.25. The van der Waals surface area contributed by atoms with Crippen LogP contribution in [0.15, 0.2) is 200 Å². The molecule has 250 valence electrons. The average Bonchev–Trinajstić information content (AvgIpc) is 3.59. The molecule has 2 heterocycles. The molecule has 0 unspecified atom stereocenters. The van der Waals surface area contributed by atoms with Crippen molar-refractivity contribution in [3.63, 3.8) is 0 Å². The molecular formula is C48H33N5. The van der Waals surface area contributed by atoms with Gasteiger partial charge in [-0.3, -0.25) is 4.98 Å². The summed E-state index contributed by atoms with van der Waals surface area (Å²) < 4.78 is 2.36. The van der Waals surface area contributed by atoms with Gasteiger partial charge in [0.1, 0.15) is 0 Å². The van der Waals surface area contributed by atoms with E-state index in [2.05, 4.69) is 165 Å². The van der Waals surface area contributed by atoms with Crippen LogP contribution in [0.5, 0.6) is 0 Å². The molecule has 53 heavy (non-hydrogen) atoms. The molecule has 0 saturated carbocycles. The lowest BCUT2D eigenvalue weighted by atomic mass is 10.0. The number of aromatic nitrogens is 2. The van der Waals surface area contributed by atoms with E-state index in [1.165, 1.54) is 0 Å². The SMILES string of the molecule is N#Cc1cc(-c2ccncc2)cc(-n2c3c(N(c4ccccc4)c4ccccc4)cccc3c3cccc(N(c4ccccc4)c4ccccc4)c32)c1. The summed E-state index contributed by atoms with van der Waals surface area (Å²) in [6.45, 7) is 0. The Hall–Kier alpha value is -7.42. The third-order valence-electron chi connectivity index (χ3n) is 9.62. The van der Waals surface area contributed by atoms with Crippen LogP contribution >= 0.6 is 0 Å². The minimum absolute atomic E-state index is 0.574. The van der Waals surface area contributed by atoms with Crippen molar-refractivity contribution in [3.05, 3.63) is 206 Å². The zero-order valence-electron chi connectivity index (χ0n) is 28.8. The molecule has 0 N–H and O–H groups in total. The predicted octanol–water partition coefficient (Wildman–Crippen LogP) is 12.7. The first-order valence-electron chi connectivity index (χ1n) is 17.6. The lowest BCUT2D eigenvalue weighted by molar-refractivity contribution is 1.15. The molecule has 0 bridgehead atoms. The second kappa shape index (κ2) is 13.7. The number of benzene rings is 7. The van der Waals surface area contributed by atoms with Gasteiger partial charge in [0.25, 0.3) is 0 Å². The average molecular weight is 680 g/mol. The van der Waals surface area contributed by atoms with Crippen molar-refractivity contribution < 1.29 is 0 Å². The van der Waals surface area contributed by atoms with Crippen molar-refractivity contribution in [2.45, 2.75) is 0 Å². The summed E-state index contributed by atoms with van der Waals surface area (Å²) in [4.78, 5) is 8.91. The molecule has 0 spiro atoms. The van der Waals surface area contributed by atoms with Gasteiger partial charge in [-0.05, 0) is 102 Å². The molecule has 0 fully saturated rings. The van der Waals surface area contributed by atoms with Crippen LogP contribution in [0, 0.1) is 11.3 Å². The van der Waals surface area contributed by atoms with Crippen LogP contribution in [-0.2, 0) is 0 Å². The number of fused-ring (bicyclic) bond motifs is 3. The predicted molar refractivity (Wildman–Crippen MR) is 218 cm³/mol. The third-order valence-corrected chi connectivity index (χ3v) is 9.62. The van der Waals surface area contributed by atoms with Crippen LogP contribution in [-0.4, -0.2) is 9.55 Å². The first-order chi connectivity index (χ1) is 26.3. The first-order valence-corrected chi connectivity index (χ1v) is 17.6. The van der Waals surface area contributed by atoms with Gasteiger partial charge in [-0.15, -0.1) is 0 Å². The Morgan fingerprint density at radius 1 is 0.434 bits per heavy atom. The normalized spacial score (nSPS) is 11.0. The second-order valence-electron chi connectivity index (χ2n) is 12.8. The maximum Gasteiger partial charge on any atom is 0.0992 e. The highest BCUT2D eigenvalue weighted by atomic mass is 15.2. The summed E-state index contributed by atoms with van der Waals surface area (Å²) in [6, 6.07) is 67.7. The Morgan fingerprint density at radius 3 is 1.28 bits per heavy atom. The number of rotatable bonds is 8. The standard InChI is InChI=1S/C48H33N5/c49-34-35-31-37(36-27-29-50-30-28-36)33-42(32-35)53-47-43(23-13-25-45(47)51(38-15-5-1-6-16-38)39-17-7-2-8-18-39)44-24-14-26-46(48(44)53)52(40-19-9-3-10-20-40)41-21-11-4-12-22-41/h1-33H. The summed E-state index contributed by atoms with van der Waals surface area (Å²) in [5.41, 5.74) is 11.7. The van der Waals surface area contributed by atoms with Gasteiger partial charge in [0, 0.05) is 51.6 Å². The van der Waals surface area contributed by atoms with E-state index in [1.807, 2.05) is 48.5 Å². The highest BCUT2D eigenvalue weighted by Crippen LogP contribution is 2.47. The second-order valence-corrected chi connectivity index (χ2v) is 12.8. The van der Waals surface area contributed by atoms with E-state index >= 15 is 0 Å². The van der Waals surface area contributed by atoms with Crippen molar-refractivity contribution >= 4 is 55.9 Å². The van der Waals surface area contributed by atoms with Gasteiger partial charge in [0.05, 0.1) is 34.0 Å². The summed E-state index contributed by atoms with van der Waals surface area (Å²) in [7, 11) is 0. The van der Waals surface area contributed by atoms with E-state index in [0.717, 1.165) is 72.7 Å². The van der Waals surface area contributed by atoms with Crippen LogP contribution < -0.4 is 9.80 Å². The fraction of sp³-hybridized carbons (Fsp3) is 0. The van der Waals surface area contributed by atoms with E-state index in [9.17, 15) is 5.26 Å². The van der Waals surface area contributed by atoms with Crippen LogP contribution in [0.1, 0.15) is 5.56 Å². The van der Waals surface area contributed by atoms with Gasteiger partial charge < -0.3 is 14.4 Å². The van der Waals surface area contributed by atoms with Gasteiger partial charge in [-0.25, -0.2) is 0 Å². The number of anilines is 6. The van der Waals surface area contributed by atoms with E-state index < -0.39 is 0 Å². The van der Waals surface area contributed by atoms with Gasteiger partial charge in [-0.2, -0.15) is 5.26 Å². The van der Waals surface area contributed by atoms with E-state index in [0.29, 0.717) is 5.56 Å². The lowest BCUT2D eigenvalue weighted by Crippen LogP contribution is -2.13. The Bertz CT molecular complexity index is 2500. The van der Waals surface area contributed by atoms with Crippen LogP contribution in [0.2, 0.25) is 0 Å². The molecule has 9 rings (SSSR count). The first kappa shape index (κ1) is 31.6. The van der Waals surface area contributed by atoms with Gasteiger partial charge in [-0.1, -0.05) is 97.1 Å². The Balaban J connectivity index is 1.45. The lowest BCUT2D eigenvalue weighted by Gasteiger charge is -2.28. The van der Waals surface area contributed by atoms with Crippen molar-refractivity contribution in [1.82, 2.24) is 9.55 Å². The molecule has 7 aromatic carbocycles. The monoisotopic (exact) mass is 679 g/mol. The molecule has 2 aromatic heterocycles. The number of nitrogens with zero attached hydrogens (tertiary/aromatic N) is 5. The van der Waals surface area contributed by atoms with Gasteiger partial charge in [0.15, 0.2) is 0 Å². The number of nitriles is 1. The minimum atomic E-state index is 0.574. The summed E-state index contributed by atoms with van der Waals surface area (Å²) in [5.74, 6) is 0. The topological polar surface area (TPSA) is 48.1 Å². The molecule has 5 heteroatoms. The minimum Gasteiger partial charge on any atom is -0.308 e. The molecule has 0 aliphatic rings. The zero-order chi connectivity index (χ0) is 35.6. The molecule has 0 aliphatic carbocycles. The van der Waals surface area contributed by atoms with Crippen molar-refractivity contribution in [3.8, 4) is 22.9 Å². The fourth-order valence-electron chi connectivity index (χ4n) is 7.38. The van der Waals surface area contributed by atoms with Crippen molar-refractivity contribution in [1.29, 1.82) is 5.26 Å². The number of hydrogen-bond acceptors (Lipinski definition) is 4. The molecule has 0 atom stereocenters. The number of para-hydroxylation sites is 6. The van der Waals surface area contributed by atoms with Crippen molar-refractivity contribution in [2.24, 2.45) is 0 Å². The fourth-order valence-corrected chi connectivity index (χ4v) is 7.38. The molecule has 0 aliphatic heterocycles. The van der Waals surface area contributed by atoms with Gasteiger partial charge in [0.2, 0.25) is 0 Å². The largest absolute Gasteiger partial charge is 0.308 e. The van der Waals surface area contributed by atoms with E-state index in [4.69, 9.17) is 0 Å². The van der Waals surface area contributed by atoms with Crippen LogP contribution in [0.3, 0.4) is 0 Å². The molecule has 9 aromatic rings. The number of hydrogen-bond donors (Lipinski definition) is 0.